The molecule has 1 amide bonds. The van der Waals surface area contributed by atoms with Crippen molar-refractivity contribution in [2.24, 2.45) is 0 Å². The number of pyridine rings is 1. The van der Waals surface area contributed by atoms with Gasteiger partial charge >= 0.3 is 0 Å². The van der Waals surface area contributed by atoms with Crippen molar-refractivity contribution in [1.29, 1.82) is 0 Å². The minimum Gasteiger partial charge on any atom is -0.376 e. The first-order valence-corrected chi connectivity index (χ1v) is 7.16. The molecule has 0 aliphatic carbocycles. The van der Waals surface area contributed by atoms with Gasteiger partial charge in [-0.25, -0.2) is 4.52 Å². The van der Waals surface area contributed by atoms with E-state index in [2.05, 4.69) is 20.6 Å². The fourth-order valence-electron chi connectivity index (χ4n) is 2.72. The van der Waals surface area contributed by atoms with Crippen molar-refractivity contribution in [2.45, 2.75) is 19.6 Å². The number of nitrogens with zero attached hydrogens (tertiary/aromatic N) is 3. The third-order valence-electron chi connectivity index (χ3n) is 3.87. The highest BCUT2D eigenvalue weighted by atomic mass is 16.5. The van der Waals surface area contributed by atoms with Crippen LogP contribution in [0, 0.1) is 0 Å². The first-order chi connectivity index (χ1) is 10.8. The van der Waals surface area contributed by atoms with Gasteiger partial charge < -0.3 is 10.1 Å². The average molecular weight is 297 g/mol. The first kappa shape index (κ1) is 13.0. The number of amides is 1. The van der Waals surface area contributed by atoms with E-state index in [1.807, 2.05) is 24.4 Å². The zero-order valence-electron chi connectivity index (χ0n) is 11.9. The zero-order valence-corrected chi connectivity index (χ0v) is 11.9. The van der Waals surface area contributed by atoms with E-state index in [9.17, 15) is 4.79 Å². The molecule has 4 heterocycles. The van der Waals surface area contributed by atoms with Gasteiger partial charge in [0.05, 0.1) is 18.7 Å². The second-order valence-electron chi connectivity index (χ2n) is 5.21. The van der Waals surface area contributed by atoms with Gasteiger partial charge in [-0.15, -0.1) is 0 Å². The Kier molecular flexibility index (Phi) is 3.12. The summed E-state index contributed by atoms with van der Waals surface area (Å²) in [6, 6.07) is 5.80. The van der Waals surface area contributed by atoms with Gasteiger partial charge in [-0.3, -0.25) is 9.89 Å². The number of aromatic nitrogens is 4. The molecule has 0 saturated carbocycles. The lowest BCUT2D eigenvalue weighted by atomic mass is 10.1. The molecule has 0 saturated heterocycles. The Hall–Kier alpha value is -2.67. The van der Waals surface area contributed by atoms with E-state index in [0.29, 0.717) is 25.5 Å². The molecule has 7 heteroatoms. The Morgan fingerprint density at radius 3 is 3.36 bits per heavy atom. The number of rotatable bonds is 3. The molecule has 7 nitrogen and oxygen atoms in total. The zero-order chi connectivity index (χ0) is 14.9. The summed E-state index contributed by atoms with van der Waals surface area (Å²) in [6.45, 7) is 1.53. The number of fused-ring (bicyclic) bond motifs is 2. The summed E-state index contributed by atoms with van der Waals surface area (Å²) in [5, 5.41) is 14.2. The van der Waals surface area contributed by atoms with Gasteiger partial charge in [0.15, 0.2) is 5.69 Å². The lowest BCUT2D eigenvalue weighted by Crippen LogP contribution is -2.25. The van der Waals surface area contributed by atoms with Crippen LogP contribution >= 0.6 is 0 Å². The van der Waals surface area contributed by atoms with Crippen molar-refractivity contribution in [1.82, 2.24) is 25.1 Å². The van der Waals surface area contributed by atoms with Crippen LogP contribution in [0.1, 0.15) is 27.3 Å². The van der Waals surface area contributed by atoms with E-state index < -0.39 is 0 Å². The molecule has 1 aliphatic rings. The summed E-state index contributed by atoms with van der Waals surface area (Å²) in [7, 11) is 0. The van der Waals surface area contributed by atoms with E-state index in [0.717, 1.165) is 28.8 Å². The number of carbonyl (C=O) groups excluding carboxylic acids is 1. The van der Waals surface area contributed by atoms with Gasteiger partial charge in [-0.2, -0.15) is 10.2 Å². The van der Waals surface area contributed by atoms with Gasteiger partial charge in [-0.05, 0) is 17.7 Å². The Labute approximate surface area is 126 Å². The molecular formula is C15H15N5O2. The normalized spacial score (nSPS) is 14.0. The van der Waals surface area contributed by atoms with Gasteiger partial charge in [0, 0.05) is 36.6 Å². The Bertz CT molecular complexity index is 835. The van der Waals surface area contributed by atoms with Crippen LogP contribution < -0.4 is 5.32 Å². The van der Waals surface area contributed by atoms with Crippen molar-refractivity contribution in [3.05, 3.63) is 53.1 Å². The van der Waals surface area contributed by atoms with Gasteiger partial charge in [0.25, 0.3) is 5.91 Å². The molecule has 2 N–H and O–H groups in total. The number of nitrogens with one attached hydrogen (secondary N) is 2. The monoisotopic (exact) mass is 297 g/mol. The largest absolute Gasteiger partial charge is 0.376 e. The van der Waals surface area contributed by atoms with Crippen LogP contribution in [0.15, 0.2) is 30.6 Å². The molecule has 0 unspecified atom stereocenters. The van der Waals surface area contributed by atoms with Crippen LogP contribution in [0.2, 0.25) is 0 Å². The average Bonchev–Trinajstić information content (AvgIpc) is 3.19. The third-order valence-corrected chi connectivity index (χ3v) is 3.87. The second-order valence-corrected chi connectivity index (χ2v) is 5.21. The van der Waals surface area contributed by atoms with E-state index in [1.165, 1.54) is 0 Å². The molecule has 112 valence electrons. The summed E-state index contributed by atoms with van der Waals surface area (Å²) in [5.41, 5.74) is 4.28. The van der Waals surface area contributed by atoms with Crippen molar-refractivity contribution in [2.75, 3.05) is 6.61 Å². The number of hydrogen-bond acceptors (Lipinski definition) is 4. The van der Waals surface area contributed by atoms with E-state index in [1.54, 1.807) is 10.7 Å². The molecule has 0 atom stereocenters. The van der Waals surface area contributed by atoms with Gasteiger partial charge in [0.2, 0.25) is 0 Å². The molecule has 1 aliphatic heterocycles. The second kappa shape index (κ2) is 5.27. The topological polar surface area (TPSA) is 84.3 Å². The minimum absolute atomic E-state index is 0.190. The highest BCUT2D eigenvalue weighted by Gasteiger charge is 2.22. The lowest BCUT2D eigenvalue weighted by Gasteiger charge is -2.12. The van der Waals surface area contributed by atoms with Crippen LogP contribution in [0.3, 0.4) is 0 Å². The molecule has 0 spiro atoms. The summed E-state index contributed by atoms with van der Waals surface area (Å²) < 4.78 is 7.19. The summed E-state index contributed by atoms with van der Waals surface area (Å²) in [4.78, 5) is 12.4. The van der Waals surface area contributed by atoms with E-state index >= 15 is 0 Å². The smallest absolute Gasteiger partial charge is 0.272 e. The van der Waals surface area contributed by atoms with E-state index in [-0.39, 0.29) is 5.91 Å². The number of hydrogen-bond donors (Lipinski definition) is 2. The molecule has 3 aromatic heterocycles. The third kappa shape index (κ3) is 2.15. The van der Waals surface area contributed by atoms with Crippen LogP contribution in [0.25, 0.3) is 5.52 Å². The van der Waals surface area contributed by atoms with Crippen molar-refractivity contribution < 1.29 is 9.53 Å². The first-order valence-electron chi connectivity index (χ1n) is 7.16. The fourth-order valence-corrected chi connectivity index (χ4v) is 2.72. The van der Waals surface area contributed by atoms with Crippen molar-refractivity contribution >= 4 is 11.4 Å². The molecule has 3 aromatic rings. The molecule has 22 heavy (non-hydrogen) atoms. The molecule has 0 bridgehead atoms. The van der Waals surface area contributed by atoms with E-state index in [4.69, 9.17) is 4.74 Å². The molecular weight excluding hydrogens is 282 g/mol. The van der Waals surface area contributed by atoms with Crippen LogP contribution in [-0.4, -0.2) is 32.3 Å². The Balaban J connectivity index is 1.53. The predicted molar refractivity (Wildman–Crippen MR) is 78.3 cm³/mol. The van der Waals surface area contributed by atoms with Crippen LogP contribution in [0.4, 0.5) is 0 Å². The maximum absolute atomic E-state index is 12.4. The Morgan fingerprint density at radius 2 is 2.41 bits per heavy atom. The van der Waals surface area contributed by atoms with Gasteiger partial charge in [-0.1, -0.05) is 6.07 Å². The summed E-state index contributed by atoms with van der Waals surface area (Å²) in [6.07, 6.45) is 4.38. The van der Waals surface area contributed by atoms with Crippen molar-refractivity contribution in [3.8, 4) is 0 Å². The van der Waals surface area contributed by atoms with Crippen molar-refractivity contribution in [3.63, 3.8) is 0 Å². The molecule has 0 radical (unpaired) electrons. The quantitative estimate of drug-likeness (QED) is 0.757. The standard InChI is InChI=1S/C15H15N5O2/c21-15(14-11-9-22-7-4-12(11)18-19-14)16-8-10-2-1-6-20-13(10)3-5-17-20/h1-3,5-6H,4,7-9H2,(H,16,21)(H,18,19). The molecule has 4 rings (SSSR count). The summed E-state index contributed by atoms with van der Waals surface area (Å²) >= 11 is 0. The number of carbonyl (C=O) groups is 1. The highest BCUT2D eigenvalue weighted by molar-refractivity contribution is 5.94. The number of aromatic amines is 1. The van der Waals surface area contributed by atoms with Crippen LogP contribution in [-0.2, 0) is 24.3 Å². The maximum Gasteiger partial charge on any atom is 0.272 e. The van der Waals surface area contributed by atoms with Crippen LogP contribution in [0.5, 0.6) is 0 Å². The number of ether oxygens (including phenoxy) is 1. The molecule has 0 aromatic carbocycles. The maximum atomic E-state index is 12.4. The Morgan fingerprint density at radius 1 is 1.45 bits per heavy atom. The predicted octanol–water partition coefficient (Wildman–Crippen LogP) is 1.06. The SMILES string of the molecule is O=C(NCc1cccn2nccc12)c1n[nH]c2c1COCC2. The highest BCUT2D eigenvalue weighted by Crippen LogP contribution is 2.18. The number of H-pyrrole nitrogens is 1. The summed E-state index contributed by atoms with van der Waals surface area (Å²) in [5.74, 6) is -0.190. The molecule has 0 fully saturated rings. The van der Waals surface area contributed by atoms with Gasteiger partial charge in [0.1, 0.15) is 0 Å². The minimum atomic E-state index is -0.190. The lowest BCUT2D eigenvalue weighted by molar-refractivity contribution is 0.0923. The fraction of sp³-hybridized carbons (Fsp3) is 0.267.